The average molecular weight is 481 g/mol. The first-order valence-corrected chi connectivity index (χ1v) is 12.1. The number of carbonyl (C=O) groups excluding carboxylic acids is 1. The van der Waals surface area contributed by atoms with Crippen LogP contribution >= 0.6 is 0 Å². The summed E-state index contributed by atoms with van der Waals surface area (Å²) in [5.74, 6) is -0.474. The molecule has 0 spiro atoms. The van der Waals surface area contributed by atoms with Crippen molar-refractivity contribution in [2.24, 2.45) is 0 Å². The fourth-order valence-corrected chi connectivity index (χ4v) is 4.44. The van der Waals surface area contributed by atoms with E-state index in [0.717, 1.165) is 33.3 Å². The van der Waals surface area contributed by atoms with Gasteiger partial charge in [0.25, 0.3) is 0 Å². The van der Waals surface area contributed by atoms with Gasteiger partial charge >= 0.3 is 13.1 Å². The van der Waals surface area contributed by atoms with E-state index in [1.54, 1.807) is 0 Å². The lowest BCUT2D eigenvalue weighted by Crippen LogP contribution is -2.41. The Balaban J connectivity index is 2.36. The van der Waals surface area contributed by atoms with Crippen LogP contribution in [0.4, 0.5) is 5.69 Å². The number of hydrogen-bond acceptors (Lipinski definition) is 6. The second-order valence-corrected chi connectivity index (χ2v) is 11.5. The molecular formula is C28H40BNO5. The Bertz CT molecular complexity index is 1100. The molecule has 0 unspecified atom stereocenters. The molecule has 35 heavy (non-hydrogen) atoms. The molecule has 3 rings (SSSR count). The van der Waals surface area contributed by atoms with E-state index in [4.69, 9.17) is 24.5 Å². The van der Waals surface area contributed by atoms with E-state index in [0.29, 0.717) is 11.3 Å². The van der Waals surface area contributed by atoms with Crippen LogP contribution in [0.2, 0.25) is 0 Å². The molecule has 1 heterocycles. The summed E-state index contributed by atoms with van der Waals surface area (Å²) < 4.78 is 24.3. The maximum absolute atomic E-state index is 13.1. The molecule has 0 aromatic heterocycles. The van der Waals surface area contributed by atoms with Crippen LogP contribution in [-0.2, 0) is 23.6 Å². The number of aryl methyl sites for hydroxylation is 1. The van der Waals surface area contributed by atoms with Crippen LogP contribution in [0.5, 0.6) is 0 Å². The molecule has 1 saturated heterocycles. The standard InChI is InChI=1S/C28H40BNO5/c1-16-12-14-19(15-13-16)20-17(2)22(29-34-27(7,8)28(9,10)35-29)23(30)18(3)21(20)24(25(31)32-11)33-26(4,5)6/h12-15,24H,30H2,1-11H3/t24-/m0/s1. The number of benzene rings is 2. The van der Waals surface area contributed by atoms with E-state index in [1.807, 2.05) is 69.2 Å². The maximum Gasteiger partial charge on any atom is 0.497 e. The van der Waals surface area contributed by atoms with Gasteiger partial charge in [0.05, 0.1) is 23.9 Å². The molecule has 0 saturated carbocycles. The number of nitrogen functional groups attached to an aromatic ring is 1. The summed E-state index contributed by atoms with van der Waals surface area (Å²) >= 11 is 0. The number of esters is 1. The number of anilines is 1. The molecule has 1 atom stereocenters. The van der Waals surface area contributed by atoms with E-state index in [2.05, 4.69) is 24.3 Å². The molecule has 0 radical (unpaired) electrons. The smallest absolute Gasteiger partial charge is 0.467 e. The van der Waals surface area contributed by atoms with Gasteiger partial charge in [-0.15, -0.1) is 0 Å². The molecule has 0 amide bonds. The Kier molecular flexibility index (Phi) is 7.21. The van der Waals surface area contributed by atoms with Gasteiger partial charge in [0.15, 0.2) is 6.10 Å². The molecule has 1 aliphatic rings. The zero-order valence-electron chi connectivity index (χ0n) is 23.1. The van der Waals surface area contributed by atoms with Crippen LogP contribution in [0.3, 0.4) is 0 Å². The number of methoxy groups -OCH3 is 1. The lowest BCUT2D eigenvalue weighted by Gasteiger charge is -2.32. The van der Waals surface area contributed by atoms with E-state index >= 15 is 0 Å². The summed E-state index contributed by atoms with van der Waals surface area (Å²) in [6.07, 6.45) is -0.954. The van der Waals surface area contributed by atoms with Crippen molar-refractivity contribution in [1.29, 1.82) is 0 Å². The Labute approximate surface area is 210 Å². The summed E-state index contributed by atoms with van der Waals surface area (Å²) in [5.41, 5.74) is 11.8. The Hall–Kier alpha value is -2.35. The topological polar surface area (TPSA) is 80.0 Å². The van der Waals surface area contributed by atoms with E-state index in [9.17, 15) is 4.79 Å². The van der Waals surface area contributed by atoms with E-state index in [-0.39, 0.29) is 0 Å². The summed E-state index contributed by atoms with van der Waals surface area (Å²) in [6.45, 7) is 19.8. The van der Waals surface area contributed by atoms with Crippen LogP contribution in [0.15, 0.2) is 24.3 Å². The molecule has 2 N–H and O–H groups in total. The molecule has 1 fully saturated rings. The van der Waals surface area contributed by atoms with Crippen LogP contribution in [-0.4, -0.2) is 37.0 Å². The van der Waals surface area contributed by atoms with Crippen molar-refractivity contribution in [3.63, 3.8) is 0 Å². The predicted octanol–water partition coefficient (Wildman–Crippen LogP) is 5.19. The van der Waals surface area contributed by atoms with Gasteiger partial charge < -0.3 is 24.5 Å². The van der Waals surface area contributed by atoms with Crippen molar-refractivity contribution in [2.45, 2.75) is 92.1 Å². The van der Waals surface area contributed by atoms with Gasteiger partial charge in [-0.25, -0.2) is 4.79 Å². The van der Waals surface area contributed by atoms with Crippen molar-refractivity contribution in [2.75, 3.05) is 12.8 Å². The molecule has 0 bridgehead atoms. The summed E-state index contributed by atoms with van der Waals surface area (Å²) in [4.78, 5) is 13.1. The highest BCUT2D eigenvalue weighted by atomic mass is 16.7. The van der Waals surface area contributed by atoms with E-state index in [1.165, 1.54) is 7.11 Å². The highest BCUT2D eigenvalue weighted by Gasteiger charge is 2.53. The fraction of sp³-hybridized carbons (Fsp3) is 0.536. The van der Waals surface area contributed by atoms with Gasteiger partial charge in [-0.3, -0.25) is 0 Å². The van der Waals surface area contributed by atoms with Crippen LogP contribution in [0.25, 0.3) is 11.1 Å². The molecular weight excluding hydrogens is 441 g/mol. The minimum Gasteiger partial charge on any atom is -0.467 e. The lowest BCUT2D eigenvalue weighted by atomic mass is 9.70. The van der Waals surface area contributed by atoms with Gasteiger partial charge in [0, 0.05) is 16.7 Å². The Morgan fingerprint density at radius 1 is 0.971 bits per heavy atom. The summed E-state index contributed by atoms with van der Waals surface area (Å²) in [5, 5.41) is 0. The number of nitrogens with two attached hydrogens (primary N) is 1. The first-order chi connectivity index (χ1) is 16.0. The van der Waals surface area contributed by atoms with Gasteiger partial charge in [-0.05, 0) is 91.5 Å². The number of ether oxygens (including phenoxy) is 2. The van der Waals surface area contributed by atoms with Crippen molar-refractivity contribution in [1.82, 2.24) is 0 Å². The average Bonchev–Trinajstić information content (AvgIpc) is 2.95. The summed E-state index contributed by atoms with van der Waals surface area (Å²) in [6, 6.07) is 8.21. The Morgan fingerprint density at radius 3 is 1.94 bits per heavy atom. The third-order valence-electron chi connectivity index (χ3n) is 7.12. The normalized spacial score (nSPS) is 18.0. The van der Waals surface area contributed by atoms with Crippen LogP contribution < -0.4 is 11.2 Å². The van der Waals surface area contributed by atoms with Gasteiger partial charge in [-0.2, -0.15) is 0 Å². The first-order valence-electron chi connectivity index (χ1n) is 12.1. The fourth-order valence-electron chi connectivity index (χ4n) is 4.44. The third kappa shape index (κ3) is 5.13. The molecule has 6 nitrogen and oxygen atoms in total. The van der Waals surface area contributed by atoms with Gasteiger partial charge in [0.2, 0.25) is 0 Å². The minimum atomic E-state index is -0.954. The van der Waals surface area contributed by atoms with Crippen molar-refractivity contribution in [3.05, 3.63) is 46.5 Å². The number of carbonyl (C=O) groups is 1. The highest BCUT2D eigenvalue weighted by Crippen LogP contribution is 2.42. The van der Waals surface area contributed by atoms with Crippen molar-refractivity contribution < 1.29 is 23.6 Å². The SMILES string of the molecule is COC(=O)[C@@H](OC(C)(C)C)c1c(C)c(N)c(B2OC(C)(C)C(C)(C)O2)c(C)c1-c1ccc(C)cc1. The lowest BCUT2D eigenvalue weighted by molar-refractivity contribution is -0.164. The first kappa shape index (κ1) is 27.2. The van der Waals surface area contributed by atoms with Crippen molar-refractivity contribution in [3.8, 4) is 11.1 Å². The zero-order chi connectivity index (χ0) is 26.5. The predicted molar refractivity (Wildman–Crippen MR) is 142 cm³/mol. The highest BCUT2D eigenvalue weighted by molar-refractivity contribution is 6.64. The molecule has 0 aliphatic carbocycles. The summed E-state index contributed by atoms with van der Waals surface area (Å²) in [7, 11) is 0.731. The Morgan fingerprint density at radius 2 is 1.49 bits per heavy atom. The maximum atomic E-state index is 13.1. The van der Waals surface area contributed by atoms with Crippen LogP contribution in [0.1, 0.15) is 76.8 Å². The molecule has 2 aromatic carbocycles. The quantitative estimate of drug-likeness (QED) is 0.360. The monoisotopic (exact) mass is 481 g/mol. The largest absolute Gasteiger partial charge is 0.497 e. The number of rotatable bonds is 5. The molecule has 1 aliphatic heterocycles. The van der Waals surface area contributed by atoms with Gasteiger partial charge in [-0.1, -0.05) is 29.8 Å². The third-order valence-corrected chi connectivity index (χ3v) is 7.12. The molecule has 7 heteroatoms. The van der Waals surface area contributed by atoms with Crippen molar-refractivity contribution >= 4 is 24.2 Å². The number of hydrogen-bond donors (Lipinski definition) is 1. The second-order valence-electron chi connectivity index (χ2n) is 11.5. The van der Waals surface area contributed by atoms with Crippen LogP contribution in [0, 0.1) is 20.8 Å². The minimum absolute atomic E-state index is 0.474. The van der Waals surface area contributed by atoms with E-state index < -0.39 is 36.0 Å². The second kappa shape index (κ2) is 9.27. The molecule has 2 aromatic rings. The van der Waals surface area contributed by atoms with Gasteiger partial charge in [0.1, 0.15) is 0 Å². The zero-order valence-corrected chi connectivity index (χ0v) is 23.1. The molecule has 190 valence electrons.